The molecular formula is C8H15NO4S. The molecule has 82 valence electrons. The lowest BCUT2D eigenvalue weighted by atomic mass is 9.95. The Morgan fingerprint density at radius 1 is 1.79 bits per heavy atom. The van der Waals surface area contributed by atoms with Crippen LogP contribution in [0, 0.1) is 0 Å². The number of aliphatic hydroxyl groups excluding tert-OH is 1. The van der Waals surface area contributed by atoms with Gasteiger partial charge in [-0.05, 0) is 18.5 Å². The van der Waals surface area contributed by atoms with E-state index in [-0.39, 0.29) is 18.4 Å². The maximum absolute atomic E-state index is 10.4. The molecule has 1 fully saturated rings. The van der Waals surface area contributed by atoms with Gasteiger partial charge >= 0.3 is 5.97 Å². The lowest BCUT2D eigenvalue weighted by molar-refractivity contribution is -0.136. The molecule has 6 heteroatoms. The first kappa shape index (κ1) is 11.8. The summed E-state index contributed by atoms with van der Waals surface area (Å²) >= 11 is 1.37. The van der Waals surface area contributed by atoms with Gasteiger partial charge in [0.05, 0.1) is 25.3 Å². The highest BCUT2D eigenvalue weighted by Gasteiger charge is 2.36. The number of carboxylic acids is 1. The molecule has 1 heterocycles. The van der Waals surface area contributed by atoms with Crippen LogP contribution in [0.1, 0.15) is 13.3 Å². The summed E-state index contributed by atoms with van der Waals surface area (Å²) in [5.74, 6) is -0.927. The highest BCUT2D eigenvalue weighted by molar-refractivity contribution is 7.95. The molecule has 1 aliphatic heterocycles. The molecule has 14 heavy (non-hydrogen) atoms. The van der Waals surface area contributed by atoms with E-state index in [0.29, 0.717) is 13.0 Å². The highest BCUT2D eigenvalue weighted by atomic mass is 32.2. The van der Waals surface area contributed by atoms with Crippen molar-refractivity contribution in [2.24, 2.45) is 0 Å². The smallest absolute Gasteiger partial charge is 0.317 e. The molecule has 0 aromatic rings. The van der Waals surface area contributed by atoms with Crippen molar-refractivity contribution < 1.29 is 19.2 Å². The summed E-state index contributed by atoms with van der Waals surface area (Å²) < 4.78 is 5.22. The molecule has 2 atom stereocenters. The van der Waals surface area contributed by atoms with Crippen molar-refractivity contribution in [3.63, 3.8) is 0 Å². The Morgan fingerprint density at radius 2 is 2.50 bits per heavy atom. The van der Waals surface area contributed by atoms with E-state index in [1.54, 1.807) is 0 Å². The molecule has 3 N–H and O–H groups in total. The number of aliphatic carboxylic acids is 1. The Morgan fingerprint density at radius 3 is 3.00 bits per heavy atom. The van der Waals surface area contributed by atoms with Crippen LogP contribution in [-0.4, -0.2) is 46.7 Å². The average molecular weight is 221 g/mol. The van der Waals surface area contributed by atoms with Crippen LogP contribution in [0.4, 0.5) is 0 Å². The van der Waals surface area contributed by atoms with E-state index in [0.717, 1.165) is 0 Å². The van der Waals surface area contributed by atoms with Gasteiger partial charge in [-0.2, -0.15) is 0 Å². The summed E-state index contributed by atoms with van der Waals surface area (Å²) in [6, 6.07) is 0. The van der Waals surface area contributed by atoms with Gasteiger partial charge < -0.3 is 14.4 Å². The number of carboxylic acid groups (broad SMARTS) is 1. The maximum Gasteiger partial charge on any atom is 0.317 e. The fourth-order valence-electron chi connectivity index (χ4n) is 1.46. The fraction of sp³-hybridized carbons (Fsp3) is 0.875. The minimum Gasteiger partial charge on any atom is -0.480 e. The topological polar surface area (TPSA) is 78.8 Å². The first-order chi connectivity index (χ1) is 6.58. The van der Waals surface area contributed by atoms with Gasteiger partial charge in [0, 0.05) is 5.25 Å². The molecule has 0 spiro atoms. The molecule has 0 aromatic carbocycles. The van der Waals surface area contributed by atoms with Crippen LogP contribution >= 0.6 is 12.0 Å². The molecule has 0 aliphatic carbocycles. The van der Waals surface area contributed by atoms with Gasteiger partial charge in [-0.15, -0.1) is 0 Å². The molecule has 0 aromatic heterocycles. The maximum atomic E-state index is 10.4. The summed E-state index contributed by atoms with van der Waals surface area (Å²) in [6.45, 7) is 2.06. The molecule has 1 rings (SSSR count). The van der Waals surface area contributed by atoms with E-state index >= 15 is 0 Å². The zero-order valence-corrected chi connectivity index (χ0v) is 8.84. The summed E-state index contributed by atoms with van der Waals surface area (Å²) in [4.78, 5) is 10.4. The number of hydrogen-bond acceptors (Lipinski definition) is 5. The molecule has 0 radical (unpaired) electrons. The number of aliphatic hydroxyl groups is 1. The Balaban J connectivity index is 2.51. The van der Waals surface area contributed by atoms with Gasteiger partial charge in [0.1, 0.15) is 0 Å². The summed E-state index contributed by atoms with van der Waals surface area (Å²) in [5, 5.41) is 20.8. The van der Waals surface area contributed by atoms with Gasteiger partial charge in [0.25, 0.3) is 0 Å². The Kier molecular flexibility index (Phi) is 4.18. The van der Waals surface area contributed by atoms with Crippen molar-refractivity contribution in [1.29, 1.82) is 0 Å². The first-order valence-electron chi connectivity index (χ1n) is 4.44. The van der Waals surface area contributed by atoms with E-state index in [9.17, 15) is 9.90 Å². The van der Waals surface area contributed by atoms with Crippen molar-refractivity contribution in [2.75, 3.05) is 19.8 Å². The summed E-state index contributed by atoms with van der Waals surface area (Å²) in [5.41, 5.74) is -0.594. The largest absolute Gasteiger partial charge is 0.480 e. The van der Waals surface area contributed by atoms with E-state index < -0.39 is 11.5 Å². The lowest BCUT2D eigenvalue weighted by Gasteiger charge is -2.37. The first-order valence-corrected chi connectivity index (χ1v) is 5.24. The van der Waals surface area contributed by atoms with Crippen molar-refractivity contribution in [1.82, 2.24) is 5.32 Å². The Hall–Kier alpha value is -0.300. The van der Waals surface area contributed by atoms with Crippen molar-refractivity contribution >= 4 is 18.0 Å². The second-order valence-electron chi connectivity index (χ2n) is 3.56. The lowest BCUT2D eigenvalue weighted by Crippen LogP contribution is -2.56. The minimum atomic E-state index is -0.927. The summed E-state index contributed by atoms with van der Waals surface area (Å²) in [6.07, 6.45) is 0.710. The van der Waals surface area contributed by atoms with E-state index in [1.807, 2.05) is 6.92 Å². The van der Waals surface area contributed by atoms with Crippen LogP contribution in [-0.2, 0) is 8.98 Å². The average Bonchev–Trinajstić information content (AvgIpc) is 2.15. The number of carbonyl (C=O) groups is 1. The second-order valence-corrected chi connectivity index (χ2v) is 4.79. The third kappa shape index (κ3) is 3.13. The summed E-state index contributed by atoms with van der Waals surface area (Å²) in [7, 11) is 0. The zero-order chi connectivity index (χ0) is 10.6. The van der Waals surface area contributed by atoms with Crippen LogP contribution in [0.5, 0.6) is 0 Å². The van der Waals surface area contributed by atoms with Crippen molar-refractivity contribution in [3.05, 3.63) is 0 Å². The van der Waals surface area contributed by atoms with E-state index in [4.69, 9.17) is 9.29 Å². The molecule has 5 nitrogen and oxygen atoms in total. The van der Waals surface area contributed by atoms with Gasteiger partial charge in [-0.25, -0.2) is 0 Å². The predicted molar refractivity (Wildman–Crippen MR) is 53.1 cm³/mol. The molecule has 0 saturated carbocycles. The normalized spacial score (nSPS) is 32.9. The number of hydrogen-bond donors (Lipinski definition) is 3. The van der Waals surface area contributed by atoms with Crippen LogP contribution in [0.3, 0.4) is 0 Å². The van der Waals surface area contributed by atoms with Crippen molar-refractivity contribution in [2.45, 2.75) is 24.1 Å². The minimum absolute atomic E-state index is 0.106. The van der Waals surface area contributed by atoms with Gasteiger partial charge in [-0.1, -0.05) is 6.92 Å². The van der Waals surface area contributed by atoms with Crippen molar-refractivity contribution in [3.8, 4) is 0 Å². The number of rotatable bonds is 4. The SMILES string of the molecule is CC1CC(CO)(NCC(=O)O)COS1. The van der Waals surface area contributed by atoms with Gasteiger partial charge in [-0.3, -0.25) is 10.1 Å². The van der Waals surface area contributed by atoms with E-state index in [1.165, 1.54) is 12.0 Å². The fourth-order valence-corrected chi connectivity index (χ4v) is 2.37. The quantitative estimate of drug-likeness (QED) is 0.573. The monoisotopic (exact) mass is 221 g/mol. The van der Waals surface area contributed by atoms with Gasteiger partial charge in [0.15, 0.2) is 0 Å². The zero-order valence-electron chi connectivity index (χ0n) is 8.02. The Bertz CT molecular complexity index is 214. The number of nitrogens with one attached hydrogen (secondary N) is 1. The molecule has 2 unspecified atom stereocenters. The third-order valence-corrected chi connectivity index (χ3v) is 2.91. The van der Waals surface area contributed by atoms with Crippen LogP contribution in [0.2, 0.25) is 0 Å². The highest BCUT2D eigenvalue weighted by Crippen LogP contribution is 2.29. The Labute approximate surface area is 87.0 Å². The van der Waals surface area contributed by atoms with Crippen LogP contribution in [0.15, 0.2) is 0 Å². The van der Waals surface area contributed by atoms with Gasteiger partial charge in [0.2, 0.25) is 0 Å². The molecule has 0 amide bonds. The van der Waals surface area contributed by atoms with Crippen LogP contribution < -0.4 is 5.32 Å². The molecule has 0 bridgehead atoms. The second kappa shape index (κ2) is 4.97. The molecule has 1 saturated heterocycles. The third-order valence-electron chi connectivity index (χ3n) is 2.16. The standard InChI is InChI=1S/C8H15NO4S/c1-6-2-8(4-10,5-13-14-6)9-3-7(11)12/h6,9-10H,2-5H2,1H3,(H,11,12). The van der Waals surface area contributed by atoms with E-state index in [2.05, 4.69) is 5.32 Å². The molecule has 1 aliphatic rings. The predicted octanol–water partition coefficient (Wildman–Crippen LogP) is -0.151. The molecular weight excluding hydrogens is 206 g/mol. The van der Waals surface area contributed by atoms with Crippen LogP contribution in [0.25, 0.3) is 0 Å².